The molecular weight excluding hydrogens is 332 g/mol. The molecule has 18 heavy (non-hydrogen) atoms. The summed E-state index contributed by atoms with van der Waals surface area (Å²) in [5.74, 6) is 0. The molecule has 0 saturated carbocycles. The minimum Gasteiger partial charge on any atom is -0.378 e. The number of benzene rings is 1. The van der Waals surface area contributed by atoms with E-state index in [0.717, 1.165) is 27.4 Å². The van der Waals surface area contributed by atoms with Crippen LogP contribution >= 0.6 is 38.9 Å². The molecule has 0 unspecified atom stereocenters. The highest BCUT2D eigenvalue weighted by Crippen LogP contribution is 2.33. The van der Waals surface area contributed by atoms with E-state index in [9.17, 15) is 0 Å². The summed E-state index contributed by atoms with van der Waals surface area (Å²) in [4.78, 5) is 3.31. The van der Waals surface area contributed by atoms with Crippen LogP contribution < -0.4 is 10.2 Å². The van der Waals surface area contributed by atoms with Crippen molar-refractivity contribution >= 4 is 50.2 Å². The van der Waals surface area contributed by atoms with E-state index in [1.807, 2.05) is 37.2 Å². The molecule has 0 aliphatic carbocycles. The van der Waals surface area contributed by atoms with Gasteiger partial charge in [0.2, 0.25) is 0 Å². The van der Waals surface area contributed by atoms with Crippen molar-refractivity contribution in [2.75, 3.05) is 24.3 Å². The van der Waals surface area contributed by atoms with Crippen LogP contribution in [0.5, 0.6) is 0 Å². The normalized spacial score (nSPS) is 10.4. The van der Waals surface area contributed by atoms with Gasteiger partial charge in [-0.1, -0.05) is 17.7 Å². The van der Waals surface area contributed by atoms with Gasteiger partial charge < -0.3 is 10.2 Å². The van der Waals surface area contributed by atoms with Gasteiger partial charge in [0.25, 0.3) is 0 Å². The Morgan fingerprint density at radius 1 is 1.39 bits per heavy atom. The van der Waals surface area contributed by atoms with Crippen molar-refractivity contribution in [2.45, 2.75) is 6.54 Å². The average molecular weight is 346 g/mol. The molecule has 0 atom stereocenters. The molecule has 0 aliphatic heterocycles. The third-order valence-corrected chi connectivity index (χ3v) is 4.51. The number of anilines is 2. The molecule has 0 amide bonds. The molecule has 2 nitrogen and oxygen atoms in total. The molecule has 2 rings (SSSR count). The van der Waals surface area contributed by atoms with Crippen LogP contribution in [-0.4, -0.2) is 14.1 Å². The number of nitrogens with one attached hydrogen (secondary N) is 1. The molecule has 2 aromatic rings. The first-order valence-corrected chi connectivity index (χ1v) is 7.55. The zero-order valence-electron chi connectivity index (χ0n) is 10.2. The molecule has 0 spiro atoms. The summed E-state index contributed by atoms with van der Waals surface area (Å²) >= 11 is 11.4. The van der Waals surface area contributed by atoms with E-state index in [2.05, 4.69) is 32.7 Å². The quantitative estimate of drug-likeness (QED) is 0.852. The third-order valence-electron chi connectivity index (χ3n) is 2.51. The predicted octanol–water partition coefficient (Wildman–Crippen LogP) is 4.84. The Hall–Kier alpha value is -0.710. The van der Waals surface area contributed by atoms with E-state index in [-0.39, 0.29) is 0 Å². The maximum atomic E-state index is 6.22. The van der Waals surface area contributed by atoms with Crippen LogP contribution in [0.2, 0.25) is 5.02 Å². The molecule has 1 N–H and O–H groups in total. The number of thiophene rings is 1. The summed E-state index contributed by atoms with van der Waals surface area (Å²) in [5, 5.41) is 6.28. The summed E-state index contributed by atoms with van der Waals surface area (Å²) in [7, 11) is 3.99. The van der Waals surface area contributed by atoms with Crippen LogP contribution in [0.1, 0.15) is 4.88 Å². The van der Waals surface area contributed by atoms with Crippen molar-refractivity contribution in [1.82, 2.24) is 0 Å². The molecule has 5 heteroatoms. The van der Waals surface area contributed by atoms with Gasteiger partial charge in [-0.15, -0.1) is 11.3 Å². The first-order chi connectivity index (χ1) is 8.58. The predicted molar refractivity (Wildman–Crippen MR) is 85.1 cm³/mol. The van der Waals surface area contributed by atoms with Crippen molar-refractivity contribution in [3.63, 3.8) is 0 Å². The monoisotopic (exact) mass is 344 g/mol. The number of hydrogen-bond acceptors (Lipinski definition) is 3. The van der Waals surface area contributed by atoms with Crippen LogP contribution in [0, 0.1) is 0 Å². The van der Waals surface area contributed by atoms with Crippen molar-refractivity contribution in [2.24, 2.45) is 0 Å². The van der Waals surface area contributed by atoms with Crippen LogP contribution in [0.3, 0.4) is 0 Å². The van der Waals surface area contributed by atoms with E-state index in [1.54, 1.807) is 11.3 Å². The topological polar surface area (TPSA) is 15.3 Å². The SMILES string of the molecule is CN(C)c1c(Cl)cccc1NCc1cc(Br)cs1. The number of nitrogens with zero attached hydrogens (tertiary/aromatic N) is 1. The Balaban J connectivity index is 2.16. The molecule has 1 aromatic carbocycles. The number of para-hydroxylation sites is 1. The smallest absolute Gasteiger partial charge is 0.0786 e. The van der Waals surface area contributed by atoms with Gasteiger partial charge in [0.1, 0.15) is 0 Å². The van der Waals surface area contributed by atoms with E-state index in [0.29, 0.717) is 0 Å². The van der Waals surface area contributed by atoms with Gasteiger partial charge >= 0.3 is 0 Å². The summed E-state index contributed by atoms with van der Waals surface area (Å²) in [6.07, 6.45) is 0. The fourth-order valence-electron chi connectivity index (χ4n) is 1.74. The Morgan fingerprint density at radius 2 is 2.17 bits per heavy atom. The van der Waals surface area contributed by atoms with Gasteiger partial charge in [-0.05, 0) is 34.1 Å². The fraction of sp³-hybridized carbons (Fsp3) is 0.231. The summed E-state index contributed by atoms with van der Waals surface area (Å²) < 4.78 is 1.13. The maximum absolute atomic E-state index is 6.22. The average Bonchev–Trinajstić information content (AvgIpc) is 2.72. The van der Waals surface area contributed by atoms with Crippen LogP contribution in [0.4, 0.5) is 11.4 Å². The molecule has 0 radical (unpaired) electrons. The lowest BCUT2D eigenvalue weighted by atomic mass is 10.2. The molecule has 0 saturated heterocycles. The minimum absolute atomic E-state index is 0.761. The maximum Gasteiger partial charge on any atom is 0.0786 e. The summed E-state index contributed by atoms with van der Waals surface area (Å²) in [6, 6.07) is 8.03. The van der Waals surface area contributed by atoms with Gasteiger partial charge in [0.15, 0.2) is 0 Å². The number of hydrogen-bond donors (Lipinski definition) is 1. The molecule has 1 heterocycles. The largest absolute Gasteiger partial charge is 0.378 e. The van der Waals surface area contributed by atoms with E-state index >= 15 is 0 Å². The van der Waals surface area contributed by atoms with E-state index < -0.39 is 0 Å². The Kier molecular flexibility index (Phi) is 4.54. The van der Waals surface area contributed by atoms with Crippen LogP contribution in [0.15, 0.2) is 34.1 Å². The van der Waals surface area contributed by atoms with Gasteiger partial charge in [-0.2, -0.15) is 0 Å². The van der Waals surface area contributed by atoms with Gasteiger partial charge in [-0.3, -0.25) is 0 Å². The van der Waals surface area contributed by atoms with Gasteiger partial charge in [0, 0.05) is 35.4 Å². The van der Waals surface area contributed by atoms with Gasteiger partial charge in [-0.25, -0.2) is 0 Å². The highest BCUT2D eigenvalue weighted by atomic mass is 79.9. The van der Waals surface area contributed by atoms with E-state index in [1.165, 1.54) is 4.88 Å². The lowest BCUT2D eigenvalue weighted by Gasteiger charge is -2.19. The minimum atomic E-state index is 0.761. The Morgan fingerprint density at radius 3 is 2.78 bits per heavy atom. The zero-order chi connectivity index (χ0) is 13.1. The second-order valence-electron chi connectivity index (χ2n) is 4.12. The number of halogens is 2. The molecule has 96 valence electrons. The highest BCUT2D eigenvalue weighted by Gasteiger charge is 2.08. The molecule has 1 aromatic heterocycles. The molecular formula is C13H14BrClN2S. The molecule has 0 aliphatic rings. The van der Waals surface area contributed by atoms with Gasteiger partial charge in [0.05, 0.1) is 16.4 Å². The third kappa shape index (κ3) is 3.19. The van der Waals surface area contributed by atoms with Crippen LogP contribution in [0.25, 0.3) is 0 Å². The first-order valence-electron chi connectivity index (χ1n) is 5.50. The summed E-state index contributed by atoms with van der Waals surface area (Å²) in [6.45, 7) is 0.803. The lowest BCUT2D eigenvalue weighted by molar-refractivity contribution is 1.11. The zero-order valence-corrected chi connectivity index (χ0v) is 13.4. The standard InChI is InChI=1S/C13H14BrClN2S/c1-17(2)13-11(15)4-3-5-12(13)16-7-10-6-9(14)8-18-10/h3-6,8,16H,7H2,1-2H3. The second kappa shape index (κ2) is 5.95. The van der Waals surface area contributed by atoms with Crippen molar-refractivity contribution in [3.05, 3.63) is 44.0 Å². The fourth-order valence-corrected chi connectivity index (χ4v) is 3.48. The van der Waals surface area contributed by atoms with Crippen molar-refractivity contribution < 1.29 is 0 Å². The van der Waals surface area contributed by atoms with Crippen molar-refractivity contribution in [1.29, 1.82) is 0 Å². The molecule has 0 bridgehead atoms. The highest BCUT2D eigenvalue weighted by molar-refractivity contribution is 9.10. The Bertz CT molecular complexity index is 540. The molecule has 0 fully saturated rings. The second-order valence-corrected chi connectivity index (χ2v) is 6.43. The van der Waals surface area contributed by atoms with Crippen molar-refractivity contribution in [3.8, 4) is 0 Å². The Labute approximate surface area is 125 Å². The lowest BCUT2D eigenvalue weighted by Crippen LogP contribution is -2.12. The summed E-state index contributed by atoms with van der Waals surface area (Å²) in [5.41, 5.74) is 2.08. The first kappa shape index (κ1) is 13.7. The van der Waals surface area contributed by atoms with Crippen LogP contribution in [-0.2, 0) is 6.54 Å². The number of rotatable bonds is 4. The van der Waals surface area contributed by atoms with E-state index in [4.69, 9.17) is 11.6 Å².